The van der Waals surface area contributed by atoms with Crippen molar-refractivity contribution in [1.82, 2.24) is 0 Å². The van der Waals surface area contributed by atoms with E-state index in [0.29, 0.717) is 40.7 Å². The fourth-order valence-electron chi connectivity index (χ4n) is 6.55. The van der Waals surface area contributed by atoms with Crippen LogP contribution in [0.5, 0.6) is 0 Å². The van der Waals surface area contributed by atoms with Crippen LogP contribution in [-0.2, 0) is 0 Å². The molecule has 0 aromatic heterocycles. The number of rotatable bonds is 14. The van der Waals surface area contributed by atoms with Crippen LogP contribution in [0.3, 0.4) is 0 Å². The minimum atomic E-state index is 0.452. The van der Waals surface area contributed by atoms with Crippen molar-refractivity contribution < 1.29 is 0 Å². The first kappa shape index (κ1) is 31.9. The Balaban J connectivity index is 2.20. The number of anilines is 2. The lowest BCUT2D eigenvalue weighted by atomic mass is 9.87. The molecule has 2 aromatic carbocycles. The van der Waals surface area contributed by atoms with Crippen molar-refractivity contribution >= 4 is 34.6 Å². The third kappa shape index (κ3) is 6.99. The van der Waals surface area contributed by atoms with Crippen LogP contribution in [-0.4, -0.2) is 6.67 Å². The van der Waals surface area contributed by atoms with E-state index < -0.39 is 0 Å². The third-order valence-corrected chi connectivity index (χ3v) is 9.54. The van der Waals surface area contributed by atoms with E-state index in [-0.39, 0.29) is 0 Å². The van der Waals surface area contributed by atoms with Gasteiger partial charge in [0.15, 0.2) is 0 Å². The Labute approximate surface area is 249 Å². The van der Waals surface area contributed by atoms with Gasteiger partial charge in [-0.1, -0.05) is 141 Å². The minimum Gasteiger partial charge on any atom is -0.310 e. The standard InChI is InChI=1S/C35H52Cl2N2/c1-9-15-24(5)28-19-13-20-29(25(6)16-10-2)32(28)38-23-39(35(37)34(38)36)33-30(26(7)17-11-3)21-14-22-31(33)27(8)18-12-4/h13-14,19-22,24-27H,9-12,15-18,23H2,1-8H3. The molecule has 0 radical (unpaired) electrons. The van der Waals surface area contributed by atoms with Crippen LogP contribution in [0.25, 0.3) is 0 Å². The molecule has 0 N–H and O–H groups in total. The lowest BCUT2D eigenvalue weighted by Gasteiger charge is -2.33. The fourth-order valence-corrected chi connectivity index (χ4v) is 7.03. The molecule has 1 aliphatic heterocycles. The van der Waals surface area contributed by atoms with Gasteiger partial charge in [-0.05, 0) is 71.6 Å². The molecular formula is C35H52Cl2N2. The highest BCUT2D eigenvalue weighted by molar-refractivity contribution is 6.42. The summed E-state index contributed by atoms with van der Waals surface area (Å²) in [5.74, 6) is 1.81. The topological polar surface area (TPSA) is 6.48 Å². The van der Waals surface area contributed by atoms with E-state index in [2.05, 4.69) is 102 Å². The molecule has 0 saturated carbocycles. The Bertz CT molecular complexity index is 962. The summed E-state index contributed by atoms with van der Waals surface area (Å²) < 4.78 is 0. The maximum absolute atomic E-state index is 7.23. The van der Waals surface area contributed by atoms with Crippen LogP contribution in [0.4, 0.5) is 11.4 Å². The van der Waals surface area contributed by atoms with E-state index in [1.807, 2.05) is 0 Å². The summed E-state index contributed by atoms with van der Waals surface area (Å²) in [6, 6.07) is 13.7. The van der Waals surface area contributed by atoms with Gasteiger partial charge in [-0.15, -0.1) is 0 Å². The quantitative estimate of drug-likeness (QED) is 0.208. The molecule has 0 fully saturated rings. The third-order valence-electron chi connectivity index (χ3n) is 8.67. The zero-order chi connectivity index (χ0) is 28.7. The van der Waals surface area contributed by atoms with Crippen LogP contribution < -0.4 is 9.80 Å². The van der Waals surface area contributed by atoms with Gasteiger partial charge in [0.25, 0.3) is 0 Å². The number of hydrogen-bond acceptors (Lipinski definition) is 2. The van der Waals surface area contributed by atoms with Gasteiger partial charge in [0.1, 0.15) is 17.0 Å². The number of halogens is 2. The average molecular weight is 572 g/mol. The molecule has 2 nitrogen and oxygen atoms in total. The molecule has 0 aliphatic carbocycles. The summed E-state index contributed by atoms with van der Waals surface area (Å²) in [5.41, 5.74) is 8.07. The molecular weight excluding hydrogens is 519 g/mol. The molecule has 0 amide bonds. The van der Waals surface area contributed by atoms with Crippen molar-refractivity contribution in [3.63, 3.8) is 0 Å². The smallest absolute Gasteiger partial charge is 0.146 e. The van der Waals surface area contributed by atoms with Gasteiger partial charge in [-0.2, -0.15) is 0 Å². The molecule has 1 heterocycles. The van der Waals surface area contributed by atoms with Gasteiger partial charge < -0.3 is 9.80 Å². The summed E-state index contributed by atoms with van der Waals surface area (Å²) in [6.07, 6.45) is 9.26. The molecule has 1 aliphatic rings. The Morgan fingerprint density at radius 2 is 0.795 bits per heavy atom. The number of nitrogens with zero attached hydrogens (tertiary/aromatic N) is 2. The molecule has 0 bridgehead atoms. The van der Waals surface area contributed by atoms with E-state index in [9.17, 15) is 0 Å². The van der Waals surface area contributed by atoms with E-state index in [1.54, 1.807) is 0 Å². The van der Waals surface area contributed by atoms with E-state index in [1.165, 1.54) is 33.6 Å². The van der Waals surface area contributed by atoms with Gasteiger partial charge in [-0.25, -0.2) is 0 Å². The van der Waals surface area contributed by atoms with Gasteiger partial charge in [0.05, 0.1) is 11.4 Å². The fraction of sp³-hybridized carbons (Fsp3) is 0.600. The average Bonchev–Trinajstić information content (AvgIpc) is 3.21. The Morgan fingerprint density at radius 1 is 0.538 bits per heavy atom. The SMILES string of the molecule is CCCC(C)c1cccc(C(C)CCC)c1N1CN(c2c(C(C)CCC)cccc2C(C)CCC)C(Cl)=C1Cl. The predicted molar refractivity (Wildman–Crippen MR) is 175 cm³/mol. The van der Waals surface area contributed by atoms with Crippen molar-refractivity contribution in [2.75, 3.05) is 16.5 Å². The summed E-state index contributed by atoms with van der Waals surface area (Å²) in [5, 5.41) is 1.29. The zero-order valence-electron chi connectivity index (χ0n) is 25.8. The van der Waals surface area contributed by atoms with Crippen molar-refractivity contribution in [3.05, 3.63) is 69.0 Å². The van der Waals surface area contributed by atoms with Crippen LogP contribution in [0.15, 0.2) is 46.7 Å². The van der Waals surface area contributed by atoms with Crippen LogP contribution >= 0.6 is 23.2 Å². The highest BCUT2D eigenvalue weighted by Gasteiger charge is 2.35. The summed E-state index contributed by atoms with van der Waals surface area (Å²) >= 11 is 14.5. The lowest BCUT2D eigenvalue weighted by Crippen LogP contribution is -2.30. The van der Waals surface area contributed by atoms with Crippen molar-refractivity contribution in [2.45, 2.75) is 130 Å². The zero-order valence-corrected chi connectivity index (χ0v) is 27.3. The largest absolute Gasteiger partial charge is 0.310 e. The van der Waals surface area contributed by atoms with Crippen LogP contribution in [0, 0.1) is 0 Å². The van der Waals surface area contributed by atoms with Gasteiger partial charge in [0, 0.05) is 0 Å². The minimum absolute atomic E-state index is 0.452. The van der Waals surface area contributed by atoms with Crippen molar-refractivity contribution in [2.24, 2.45) is 0 Å². The molecule has 2 aromatic rings. The second kappa shape index (κ2) is 14.8. The highest BCUT2D eigenvalue weighted by atomic mass is 35.5. The summed E-state index contributed by atoms with van der Waals surface area (Å²) in [6.45, 7) is 19.2. The first-order valence-corrected chi connectivity index (χ1v) is 16.3. The Hall–Kier alpha value is -1.64. The number of benzene rings is 2. The number of para-hydroxylation sites is 2. The van der Waals surface area contributed by atoms with Gasteiger partial charge >= 0.3 is 0 Å². The Morgan fingerprint density at radius 3 is 1.03 bits per heavy atom. The molecule has 0 spiro atoms. The summed E-state index contributed by atoms with van der Waals surface area (Å²) in [4.78, 5) is 4.62. The second-order valence-electron chi connectivity index (χ2n) is 11.9. The molecule has 0 saturated heterocycles. The van der Waals surface area contributed by atoms with Crippen molar-refractivity contribution in [3.8, 4) is 0 Å². The maximum Gasteiger partial charge on any atom is 0.146 e. The van der Waals surface area contributed by atoms with E-state index in [0.717, 1.165) is 51.4 Å². The summed E-state index contributed by atoms with van der Waals surface area (Å²) in [7, 11) is 0. The predicted octanol–water partition coefficient (Wildman–Crippen LogP) is 12.2. The van der Waals surface area contributed by atoms with E-state index >= 15 is 0 Å². The molecule has 4 unspecified atom stereocenters. The van der Waals surface area contributed by atoms with Crippen LogP contribution in [0.2, 0.25) is 0 Å². The molecule has 39 heavy (non-hydrogen) atoms. The Kier molecular flexibility index (Phi) is 12.1. The second-order valence-corrected chi connectivity index (χ2v) is 12.6. The molecule has 4 heteroatoms. The van der Waals surface area contributed by atoms with E-state index in [4.69, 9.17) is 23.2 Å². The molecule has 4 atom stereocenters. The van der Waals surface area contributed by atoms with Crippen molar-refractivity contribution in [1.29, 1.82) is 0 Å². The monoisotopic (exact) mass is 570 g/mol. The molecule has 3 rings (SSSR count). The first-order valence-electron chi connectivity index (χ1n) is 15.6. The number of hydrogen-bond donors (Lipinski definition) is 0. The highest BCUT2D eigenvalue weighted by Crippen LogP contribution is 2.48. The van der Waals surface area contributed by atoms with Gasteiger partial charge in [-0.3, -0.25) is 0 Å². The first-order chi connectivity index (χ1) is 18.7. The van der Waals surface area contributed by atoms with Gasteiger partial charge in [0.2, 0.25) is 0 Å². The maximum atomic E-state index is 7.23. The van der Waals surface area contributed by atoms with Crippen LogP contribution in [0.1, 0.15) is 153 Å². The normalized spacial score (nSPS) is 17.1. The lowest BCUT2D eigenvalue weighted by molar-refractivity contribution is 0.643. The molecule has 216 valence electrons.